The lowest BCUT2D eigenvalue weighted by Gasteiger charge is -2.19. The number of phenolic OH excluding ortho intramolecular Hbond substituents is 1. The van der Waals surface area contributed by atoms with Gasteiger partial charge >= 0.3 is 5.91 Å². The molecule has 1 amide bonds. The number of anilines is 1. The number of aromatic nitrogens is 3. The Kier molecular flexibility index (Phi) is 5.20. The molecule has 0 bridgehead atoms. The normalized spacial score (nSPS) is 15.9. The summed E-state index contributed by atoms with van der Waals surface area (Å²) in [4.78, 5) is 27.8. The van der Waals surface area contributed by atoms with E-state index in [1.54, 1.807) is 60.2 Å². The van der Waals surface area contributed by atoms with Crippen LogP contribution in [0.25, 0.3) is 22.3 Å². The Hall–Kier alpha value is -3.91. The van der Waals surface area contributed by atoms with Crippen LogP contribution in [-0.4, -0.2) is 45.1 Å². The third-order valence-corrected chi connectivity index (χ3v) is 5.66. The lowest BCUT2D eigenvalue weighted by atomic mass is 10.1. The van der Waals surface area contributed by atoms with Gasteiger partial charge in [0, 0.05) is 30.7 Å². The van der Waals surface area contributed by atoms with Gasteiger partial charge in [0.15, 0.2) is 5.82 Å². The number of nitrogens with zero attached hydrogens (tertiary/aromatic N) is 4. The first-order valence-electron chi connectivity index (χ1n) is 10.4. The average Bonchev–Trinajstić information content (AvgIpc) is 3.27. The molecular weight excluding hydrogens is 409 g/mol. The molecule has 1 atom stereocenters. The molecule has 0 unspecified atom stereocenters. The zero-order valence-corrected chi connectivity index (χ0v) is 17.1. The summed E-state index contributed by atoms with van der Waals surface area (Å²) in [5.74, 6) is 0.647. The van der Waals surface area contributed by atoms with Gasteiger partial charge in [-0.25, -0.2) is 19.2 Å². The fourth-order valence-electron chi connectivity index (χ4n) is 4.05. The van der Waals surface area contributed by atoms with Gasteiger partial charge in [0.05, 0.1) is 23.2 Å². The first kappa shape index (κ1) is 20.0. The second kappa shape index (κ2) is 8.32. The fraction of sp³-hybridized carbons (Fsp3) is 0.167. The van der Waals surface area contributed by atoms with Crippen molar-refractivity contribution in [3.05, 3.63) is 78.4 Å². The van der Waals surface area contributed by atoms with Gasteiger partial charge in [-0.2, -0.15) is 0 Å². The number of fused-ring (bicyclic) bond motifs is 1. The monoisotopic (exact) mass is 430 g/mol. The van der Waals surface area contributed by atoms with E-state index in [0.717, 1.165) is 6.42 Å². The first-order valence-corrected chi connectivity index (χ1v) is 10.4. The number of primary amides is 1. The number of hydrogen-bond donors (Lipinski definition) is 2. The van der Waals surface area contributed by atoms with Crippen molar-refractivity contribution in [3.8, 4) is 17.1 Å². The number of rotatable bonds is 4. The number of para-hydroxylation sites is 1. The number of nitrogens with two attached hydrogens (primary N) is 1. The zero-order valence-electron chi connectivity index (χ0n) is 17.1. The quantitative estimate of drug-likeness (QED) is 0.517. The van der Waals surface area contributed by atoms with Crippen LogP contribution in [0.2, 0.25) is 0 Å². The summed E-state index contributed by atoms with van der Waals surface area (Å²) in [6.07, 6.45) is 3.98. The maximum absolute atomic E-state index is 14.1. The van der Waals surface area contributed by atoms with Crippen LogP contribution in [0.4, 0.5) is 10.2 Å². The van der Waals surface area contributed by atoms with Crippen LogP contribution in [0.15, 0.2) is 67.0 Å². The van der Waals surface area contributed by atoms with Gasteiger partial charge < -0.3 is 10.0 Å². The third kappa shape index (κ3) is 3.88. The molecule has 3 heterocycles. The molecule has 160 valence electrons. The molecule has 8 heteroatoms. The van der Waals surface area contributed by atoms with Crippen molar-refractivity contribution in [3.63, 3.8) is 0 Å². The van der Waals surface area contributed by atoms with Crippen LogP contribution in [0.5, 0.6) is 5.75 Å². The molecule has 32 heavy (non-hydrogen) atoms. The Morgan fingerprint density at radius 1 is 1.09 bits per heavy atom. The highest BCUT2D eigenvalue weighted by molar-refractivity contribution is 5.91. The number of phenols is 1. The summed E-state index contributed by atoms with van der Waals surface area (Å²) >= 11 is 0. The Bertz CT molecular complexity index is 1300. The van der Waals surface area contributed by atoms with Crippen LogP contribution in [0.1, 0.15) is 16.8 Å². The summed E-state index contributed by atoms with van der Waals surface area (Å²) in [6, 6.07) is 14.7. The second-order valence-electron chi connectivity index (χ2n) is 7.81. The highest BCUT2D eigenvalue weighted by Gasteiger charge is 2.30. The predicted molar refractivity (Wildman–Crippen MR) is 118 cm³/mol. The van der Waals surface area contributed by atoms with Crippen LogP contribution >= 0.6 is 0 Å². The lowest BCUT2D eigenvalue weighted by molar-refractivity contribution is -0.589. The number of benzene rings is 2. The molecule has 3 N–H and O–H groups in total. The van der Waals surface area contributed by atoms with Crippen molar-refractivity contribution in [2.75, 3.05) is 18.0 Å². The summed E-state index contributed by atoms with van der Waals surface area (Å²) in [5, 5.41) is 12.6. The molecule has 7 nitrogen and oxygen atoms in total. The van der Waals surface area contributed by atoms with Crippen molar-refractivity contribution in [1.82, 2.24) is 15.0 Å². The van der Waals surface area contributed by atoms with Gasteiger partial charge in [-0.05, 0) is 42.5 Å². The largest absolute Gasteiger partial charge is 0.507 e. The Balaban J connectivity index is 1.47. The molecule has 0 radical (unpaired) electrons. The third-order valence-electron chi connectivity index (χ3n) is 5.66. The minimum atomic E-state index is -0.368. The van der Waals surface area contributed by atoms with Crippen LogP contribution in [-0.2, 0) is 0 Å². The lowest BCUT2D eigenvalue weighted by Crippen LogP contribution is -2.93. The van der Waals surface area contributed by atoms with E-state index in [1.807, 2.05) is 4.90 Å². The van der Waals surface area contributed by atoms with Gasteiger partial charge in [0.1, 0.15) is 23.4 Å². The van der Waals surface area contributed by atoms with E-state index in [1.165, 1.54) is 12.1 Å². The Labute approximate surface area is 183 Å². The van der Waals surface area contributed by atoms with Gasteiger partial charge in [-0.1, -0.05) is 12.1 Å². The van der Waals surface area contributed by atoms with E-state index in [4.69, 9.17) is 4.98 Å². The molecule has 2 aromatic carbocycles. The molecule has 0 spiro atoms. The first-order chi connectivity index (χ1) is 15.6. The number of hydrogen-bond acceptors (Lipinski definition) is 6. The molecule has 4 aromatic rings. The minimum Gasteiger partial charge on any atom is -0.507 e. The molecule has 0 aliphatic carbocycles. The van der Waals surface area contributed by atoms with Gasteiger partial charge in [-0.3, -0.25) is 10.3 Å². The van der Waals surface area contributed by atoms with E-state index < -0.39 is 0 Å². The zero-order chi connectivity index (χ0) is 22.1. The van der Waals surface area contributed by atoms with Gasteiger partial charge in [0.2, 0.25) is 0 Å². The smallest absolute Gasteiger partial charge is 0.343 e. The molecule has 1 aliphatic heterocycles. The summed E-state index contributed by atoms with van der Waals surface area (Å²) in [6.45, 7) is 1.26. The van der Waals surface area contributed by atoms with E-state index in [9.17, 15) is 14.3 Å². The van der Waals surface area contributed by atoms with Crippen molar-refractivity contribution in [2.45, 2.75) is 12.5 Å². The van der Waals surface area contributed by atoms with Crippen LogP contribution < -0.4 is 10.2 Å². The molecule has 2 aromatic heterocycles. The SMILES string of the molecule is O=C([NH2+][C@@H]1CCN(c2nc(-c3ccccc3O)nc3ccc(F)cc23)C1)c1ccncc1. The highest BCUT2D eigenvalue weighted by atomic mass is 19.1. The average molecular weight is 430 g/mol. The van der Waals surface area contributed by atoms with Gasteiger partial charge in [0.25, 0.3) is 0 Å². The number of carbonyl (C=O) groups is 1. The maximum Gasteiger partial charge on any atom is 0.343 e. The van der Waals surface area contributed by atoms with Crippen LogP contribution in [0, 0.1) is 5.82 Å². The number of halogens is 1. The summed E-state index contributed by atoms with van der Waals surface area (Å²) in [7, 11) is 0. The minimum absolute atomic E-state index is 0.0345. The molecule has 5 rings (SSSR count). The van der Waals surface area contributed by atoms with Crippen molar-refractivity contribution in [1.29, 1.82) is 0 Å². The van der Waals surface area contributed by atoms with Crippen molar-refractivity contribution < 1.29 is 19.6 Å². The van der Waals surface area contributed by atoms with Gasteiger partial charge in [-0.15, -0.1) is 0 Å². The van der Waals surface area contributed by atoms with Crippen LogP contribution in [0.3, 0.4) is 0 Å². The number of amides is 1. The predicted octanol–water partition coefficient (Wildman–Crippen LogP) is 2.52. The van der Waals surface area contributed by atoms with E-state index in [0.29, 0.717) is 46.8 Å². The fourth-order valence-corrected chi connectivity index (χ4v) is 4.05. The maximum atomic E-state index is 14.1. The second-order valence-corrected chi connectivity index (χ2v) is 7.81. The van der Waals surface area contributed by atoms with E-state index in [2.05, 4.69) is 9.97 Å². The number of carbonyl (C=O) groups excluding carboxylic acids is 1. The Morgan fingerprint density at radius 3 is 2.72 bits per heavy atom. The number of aromatic hydroxyl groups is 1. The Morgan fingerprint density at radius 2 is 1.91 bits per heavy atom. The molecule has 0 saturated carbocycles. The topological polar surface area (TPSA) is 95.8 Å². The van der Waals surface area contributed by atoms with Crippen molar-refractivity contribution in [2.24, 2.45) is 0 Å². The highest BCUT2D eigenvalue weighted by Crippen LogP contribution is 2.32. The number of quaternary nitrogens is 1. The standard InChI is InChI=1S/C24H20FN5O2/c25-16-5-6-20-19(13-16)23(29-22(28-20)18-3-1-2-4-21(18)31)30-12-9-17(14-30)27-24(32)15-7-10-26-11-8-15/h1-8,10-11,13,17,31H,9,12,14H2,(H,27,32)/p+1/t17-/m1/s1. The van der Waals surface area contributed by atoms with E-state index in [-0.39, 0.29) is 23.5 Å². The summed E-state index contributed by atoms with van der Waals surface area (Å²) in [5.41, 5.74) is 1.71. The van der Waals surface area contributed by atoms with Crippen molar-refractivity contribution >= 4 is 22.6 Å². The van der Waals surface area contributed by atoms with E-state index >= 15 is 0 Å². The molecule has 1 fully saturated rings. The molecule has 1 saturated heterocycles. The number of pyridine rings is 1. The summed E-state index contributed by atoms with van der Waals surface area (Å²) < 4.78 is 14.1. The molecule has 1 aliphatic rings. The molecular formula is C24H21FN5O2+.